The summed E-state index contributed by atoms with van der Waals surface area (Å²) in [5, 5.41) is 20.2. The number of rotatable bonds is 6. The first-order chi connectivity index (χ1) is 41.8. The Bertz CT molecular complexity index is 4340. The van der Waals surface area contributed by atoms with Gasteiger partial charge in [0.15, 0.2) is 11.6 Å². The average Bonchev–Trinajstić information content (AvgIpc) is 1.59. The Labute approximate surface area is 570 Å². The number of carbonyl (C=O) groups is 2. The molecule has 8 aromatic carbocycles. The Hall–Kier alpha value is -8.49. The fourth-order valence-electron chi connectivity index (χ4n) is 10.1. The summed E-state index contributed by atoms with van der Waals surface area (Å²) < 4.78 is 0. The molecule has 0 saturated carbocycles. The number of aryl methyl sites for hydroxylation is 4. The summed E-state index contributed by atoms with van der Waals surface area (Å²) in [6.45, 7) is 18.6. The second-order valence-electron chi connectivity index (χ2n) is 21.7. The molecule has 11 heteroatoms. The van der Waals surface area contributed by atoms with E-state index >= 15 is 0 Å². The number of ketones is 2. The van der Waals surface area contributed by atoms with Crippen LogP contribution in [-0.4, -0.2) is 41.7 Å². The van der Waals surface area contributed by atoms with E-state index < -0.39 is 0 Å². The predicted molar refractivity (Wildman–Crippen MR) is 357 cm³/mol. The first kappa shape index (κ1) is 72.3. The van der Waals surface area contributed by atoms with E-state index in [1.54, 1.807) is 6.20 Å². The number of hydrogen-bond donors (Lipinski definition) is 2. The van der Waals surface area contributed by atoms with Gasteiger partial charge in [0.05, 0.1) is 28.1 Å². The fourth-order valence-corrected chi connectivity index (χ4v) is 10.1. The summed E-state index contributed by atoms with van der Waals surface area (Å²) in [7, 11) is 0. The van der Waals surface area contributed by atoms with E-state index in [-0.39, 0.29) is 88.8 Å². The van der Waals surface area contributed by atoms with Gasteiger partial charge in [-0.2, -0.15) is 0 Å². The van der Waals surface area contributed by atoms with Crippen molar-refractivity contribution in [2.75, 3.05) is 0 Å². The van der Waals surface area contributed by atoms with E-state index in [2.05, 4.69) is 192 Å². The van der Waals surface area contributed by atoms with Crippen LogP contribution in [0, 0.1) is 52.0 Å². The summed E-state index contributed by atoms with van der Waals surface area (Å²) in [6, 6.07) is 85.8. The van der Waals surface area contributed by atoms with Crippen molar-refractivity contribution in [2.24, 2.45) is 0 Å². The predicted octanol–water partition coefficient (Wildman–Crippen LogP) is 19.3. The van der Waals surface area contributed by atoms with Gasteiger partial charge in [-0.05, 0) is 102 Å². The summed E-state index contributed by atoms with van der Waals surface area (Å²) in [5.74, 6) is -0.125. The molecule has 0 unspecified atom stereocenters. The molecule has 90 heavy (non-hydrogen) atoms. The van der Waals surface area contributed by atoms with Crippen molar-refractivity contribution in [1.29, 1.82) is 0 Å². The SMILES string of the molecule is CC(=O)C=C(C)O.CC(=O)C=C(C)O.CC1(C)c2ccccc2-c2c[c-]c(-c3ccc4ccccc4n3)cc21.Cc1[c-]c(-c2ccc3ccccc3n2)c(C)cc1.Cc1[c-]c(-c2ccc3ccccc3n2)cc(C)c1.[Ir].[Ir].[Ir].[c-]1ccccc1-c1ccccn1. The maximum absolute atomic E-state index is 10.0. The summed E-state index contributed by atoms with van der Waals surface area (Å²) >= 11 is 0. The van der Waals surface area contributed by atoms with Crippen molar-refractivity contribution in [1.82, 2.24) is 19.9 Å². The van der Waals surface area contributed by atoms with Gasteiger partial charge in [0, 0.05) is 78.7 Å². The second-order valence-corrected chi connectivity index (χ2v) is 21.7. The maximum Gasteiger partial charge on any atom is 0.155 e. The van der Waals surface area contributed by atoms with Crippen LogP contribution in [0.4, 0.5) is 0 Å². The van der Waals surface area contributed by atoms with Gasteiger partial charge >= 0.3 is 0 Å². The minimum Gasteiger partial charge on any atom is -0.512 e. The van der Waals surface area contributed by atoms with E-state index in [1.807, 2.05) is 91.0 Å². The Balaban J connectivity index is 0.000000206. The van der Waals surface area contributed by atoms with Crippen molar-refractivity contribution in [3.05, 3.63) is 300 Å². The minimum absolute atomic E-state index is 0. The molecule has 4 heterocycles. The van der Waals surface area contributed by atoms with Crippen molar-refractivity contribution in [3.8, 4) is 56.2 Å². The topological polar surface area (TPSA) is 126 Å². The molecule has 1 aliphatic carbocycles. The van der Waals surface area contributed by atoms with E-state index in [4.69, 9.17) is 25.2 Å². The van der Waals surface area contributed by atoms with E-state index in [0.717, 1.165) is 72.7 Å². The molecule has 0 amide bonds. The number of allylic oxidation sites excluding steroid dienone is 4. The molecular weight excluding hydrogens is 1650 g/mol. The average molecular weight is 1720 g/mol. The monoisotopic (exact) mass is 1720 g/mol. The van der Waals surface area contributed by atoms with Crippen LogP contribution in [0.3, 0.4) is 0 Å². The van der Waals surface area contributed by atoms with Crippen molar-refractivity contribution in [3.63, 3.8) is 0 Å². The van der Waals surface area contributed by atoms with Crippen LogP contribution in [0.25, 0.3) is 88.9 Å². The van der Waals surface area contributed by atoms with Crippen LogP contribution in [0.15, 0.2) is 242 Å². The van der Waals surface area contributed by atoms with Crippen LogP contribution in [-0.2, 0) is 75.3 Å². The molecule has 13 rings (SSSR count). The molecule has 4 aromatic heterocycles. The molecular formula is C79H70Ir3N4O4-4. The van der Waals surface area contributed by atoms with Crippen molar-refractivity contribution < 1.29 is 80.1 Å². The zero-order valence-electron chi connectivity index (χ0n) is 51.9. The first-order valence-electron chi connectivity index (χ1n) is 28.7. The van der Waals surface area contributed by atoms with Crippen LogP contribution in [0.1, 0.15) is 74.9 Å². The number of aliphatic hydroxyl groups is 2. The van der Waals surface area contributed by atoms with Crippen molar-refractivity contribution >= 4 is 44.3 Å². The normalized spacial score (nSPS) is 11.4. The Morgan fingerprint density at radius 3 is 1.47 bits per heavy atom. The van der Waals surface area contributed by atoms with E-state index in [0.29, 0.717) is 0 Å². The largest absolute Gasteiger partial charge is 0.512 e. The zero-order chi connectivity index (χ0) is 62.0. The molecule has 0 bridgehead atoms. The number of hydrogen-bond acceptors (Lipinski definition) is 8. The number of nitrogens with zero attached hydrogens (tertiary/aromatic N) is 4. The number of aromatic nitrogens is 4. The second kappa shape index (κ2) is 34.5. The molecule has 0 spiro atoms. The van der Waals surface area contributed by atoms with Crippen molar-refractivity contribution in [2.45, 2.75) is 74.7 Å². The minimum atomic E-state index is -0.125. The molecule has 12 aromatic rings. The molecule has 0 atom stereocenters. The van der Waals surface area contributed by atoms with Crippen LogP contribution < -0.4 is 0 Å². The first-order valence-corrected chi connectivity index (χ1v) is 28.7. The van der Waals surface area contributed by atoms with Crippen LogP contribution in [0.5, 0.6) is 0 Å². The molecule has 461 valence electrons. The molecule has 1 aliphatic rings. The summed E-state index contributed by atoms with van der Waals surface area (Å²) in [4.78, 5) is 38.5. The molecule has 3 radical (unpaired) electrons. The summed E-state index contributed by atoms with van der Waals surface area (Å²) in [5.41, 5.74) is 21.4. The smallest absolute Gasteiger partial charge is 0.155 e. The standard InChI is InChI=1S/C24H18N.2C17H14N.C11H8N.2C5H8O2.3Ir/c1-24(2)20-9-5-4-8-18(20)19-13-11-17(15-21(19)24)23-14-12-16-7-3-6-10-22(16)25-23;1-12-9-13(2)11-15(10-12)17-8-7-14-5-3-4-6-16(14)18-17;1-12-7-8-13(2)15(11-12)17-10-9-14-5-3-4-6-16(14)18-17;1-2-6-10(7-3-1)11-8-4-5-9-12-11;2*1-4(6)3-5(2)7;;;/h3-10,12-15H,1-2H3;2*3-10H,1-2H3;1-6,8-9H;2*3,6H,1-2H3;;;/q4*-1;;;;;. The molecule has 2 N–H and O–H groups in total. The van der Waals surface area contributed by atoms with Gasteiger partial charge in [-0.1, -0.05) is 180 Å². The van der Waals surface area contributed by atoms with Crippen LogP contribution >= 0.6 is 0 Å². The molecule has 0 saturated heterocycles. The quantitative estimate of drug-likeness (QED) is 0.0958. The van der Waals surface area contributed by atoms with Gasteiger partial charge in [-0.25, -0.2) is 0 Å². The van der Waals surface area contributed by atoms with Gasteiger partial charge in [0.1, 0.15) is 0 Å². The Morgan fingerprint density at radius 1 is 0.444 bits per heavy atom. The molecule has 8 nitrogen and oxygen atoms in total. The fraction of sp³-hybridized carbons (Fsp3) is 0.139. The van der Waals surface area contributed by atoms with Gasteiger partial charge in [-0.3, -0.25) is 24.5 Å². The van der Waals surface area contributed by atoms with Crippen LogP contribution in [0.2, 0.25) is 0 Å². The Kier molecular flexibility index (Phi) is 27.7. The van der Waals surface area contributed by atoms with E-state index in [9.17, 15) is 9.59 Å². The van der Waals surface area contributed by atoms with Gasteiger partial charge in [0.25, 0.3) is 0 Å². The zero-order valence-corrected chi connectivity index (χ0v) is 59.1. The maximum atomic E-state index is 10.0. The molecule has 0 fully saturated rings. The van der Waals surface area contributed by atoms with Gasteiger partial charge < -0.3 is 15.2 Å². The summed E-state index contributed by atoms with van der Waals surface area (Å²) in [6.07, 6.45) is 4.12. The number of pyridine rings is 4. The van der Waals surface area contributed by atoms with E-state index in [1.165, 1.54) is 89.4 Å². The number of fused-ring (bicyclic) bond motifs is 6. The number of para-hydroxylation sites is 3. The van der Waals surface area contributed by atoms with Gasteiger partial charge in [0.2, 0.25) is 0 Å². The van der Waals surface area contributed by atoms with Gasteiger partial charge in [-0.15, -0.1) is 135 Å². The number of benzene rings is 8. The Morgan fingerprint density at radius 2 is 0.956 bits per heavy atom. The third-order valence-corrected chi connectivity index (χ3v) is 14.0. The number of carbonyl (C=O) groups excluding carboxylic acids is 2. The third kappa shape index (κ3) is 20.0. The molecule has 0 aliphatic heterocycles. The number of aliphatic hydroxyl groups excluding tert-OH is 2. The third-order valence-electron chi connectivity index (χ3n) is 14.0.